The maximum absolute atomic E-state index is 6.02. The molecule has 0 saturated heterocycles. The lowest BCUT2D eigenvalue weighted by atomic mass is 10.2. The molecule has 0 amide bonds. The van der Waals surface area contributed by atoms with Gasteiger partial charge in [0.05, 0.1) is 6.61 Å². The predicted molar refractivity (Wildman–Crippen MR) is 80.3 cm³/mol. The zero-order valence-corrected chi connectivity index (χ0v) is 11.9. The van der Waals surface area contributed by atoms with E-state index in [2.05, 4.69) is 0 Å². The van der Waals surface area contributed by atoms with E-state index in [1.54, 1.807) is 11.8 Å². The van der Waals surface area contributed by atoms with Crippen molar-refractivity contribution in [2.75, 3.05) is 18.6 Å². The van der Waals surface area contributed by atoms with Crippen LogP contribution in [0.3, 0.4) is 0 Å². The van der Waals surface area contributed by atoms with Gasteiger partial charge in [-0.1, -0.05) is 6.07 Å². The fourth-order valence-corrected chi connectivity index (χ4v) is 2.07. The summed E-state index contributed by atoms with van der Waals surface area (Å²) in [4.78, 5) is 1.20. The van der Waals surface area contributed by atoms with Gasteiger partial charge < -0.3 is 15.2 Å². The quantitative estimate of drug-likeness (QED) is 0.656. The van der Waals surface area contributed by atoms with Crippen LogP contribution in [0.25, 0.3) is 0 Å². The van der Waals surface area contributed by atoms with E-state index in [0.717, 1.165) is 5.75 Å². The van der Waals surface area contributed by atoms with Crippen molar-refractivity contribution in [1.82, 2.24) is 0 Å². The molecule has 0 fully saturated rings. The fraction of sp³-hybridized carbons (Fsp3) is 0.200. The molecule has 0 saturated carbocycles. The van der Waals surface area contributed by atoms with Gasteiger partial charge in [0.2, 0.25) is 0 Å². The van der Waals surface area contributed by atoms with Gasteiger partial charge in [0.1, 0.15) is 17.2 Å². The molecule has 0 heterocycles. The van der Waals surface area contributed by atoms with Gasteiger partial charge in [0.15, 0.2) is 5.75 Å². The molecule has 2 aromatic carbocycles. The summed E-state index contributed by atoms with van der Waals surface area (Å²) in [6.45, 7) is 2.50. The first-order chi connectivity index (χ1) is 9.24. The third kappa shape index (κ3) is 3.35. The first kappa shape index (κ1) is 13.6. The Labute approximate surface area is 117 Å². The van der Waals surface area contributed by atoms with Gasteiger partial charge in [-0.25, -0.2) is 0 Å². The largest absolute Gasteiger partial charge is 0.492 e. The number of nitrogens with two attached hydrogens (primary N) is 1. The molecular weight excluding hydrogens is 258 g/mol. The lowest BCUT2D eigenvalue weighted by Gasteiger charge is -2.12. The topological polar surface area (TPSA) is 44.5 Å². The average Bonchev–Trinajstić information content (AvgIpc) is 2.44. The van der Waals surface area contributed by atoms with E-state index in [1.807, 2.05) is 55.6 Å². The van der Waals surface area contributed by atoms with Gasteiger partial charge in [0, 0.05) is 4.90 Å². The Kier molecular flexibility index (Phi) is 4.58. The first-order valence-corrected chi connectivity index (χ1v) is 7.30. The highest BCUT2D eigenvalue weighted by Gasteiger charge is 2.07. The number of ether oxygens (including phenoxy) is 2. The van der Waals surface area contributed by atoms with Crippen LogP contribution in [0.15, 0.2) is 47.4 Å². The summed E-state index contributed by atoms with van der Waals surface area (Å²) in [6.07, 6.45) is 2.04. The van der Waals surface area contributed by atoms with Crippen molar-refractivity contribution in [3.8, 4) is 17.2 Å². The summed E-state index contributed by atoms with van der Waals surface area (Å²) in [6, 6.07) is 13.4. The van der Waals surface area contributed by atoms with Crippen molar-refractivity contribution in [3.63, 3.8) is 0 Å². The molecule has 2 N–H and O–H groups in total. The van der Waals surface area contributed by atoms with E-state index in [1.165, 1.54) is 4.90 Å². The number of rotatable bonds is 5. The van der Waals surface area contributed by atoms with Crippen molar-refractivity contribution >= 4 is 17.4 Å². The first-order valence-electron chi connectivity index (χ1n) is 6.07. The molecule has 0 bridgehead atoms. The summed E-state index contributed by atoms with van der Waals surface area (Å²) < 4.78 is 11.2. The Balaban J connectivity index is 2.20. The number of anilines is 1. The molecule has 0 aliphatic carbocycles. The van der Waals surface area contributed by atoms with Crippen LogP contribution in [0.2, 0.25) is 0 Å². The van der Waals surface area contributed by atoms with Gasteiger partial charge in [0.25, 0.3) is 0 Å². The van der Waals surface area contributed by atoms with Crippen LogP contribution < -0.4 is 15.2 Å². The molecule has 100 valence electrons. The molecule has 0 aliphatic rings. The Morgan fingerprint density at radius 3 is 2.37 bits per heavy atom. The van der Waals surface area contributed by atoms with Crippen molar-refractivity contribution in [2.45, 2.75) is 11.8 Å². The van der Waals surface area contributed by atoms with E-state index in [9.17, 15) is 0 Å². The second-order valence-corrected chi connectivity index (χ2v) is 4.76. The number of benzene rings is 2. The van der Waals surface area contributed by atoms with E-state index in [0.29, 0.717) is 23.8 Å². The predicted octanol–water partition coefficient (Wildman–Crippen LogP) is 4.18. The highest BCUT2D eigenvalue weighted by Crippen LogP contribution is 2.34. The van der Waals surface area contributed by atoms with E-state index >= 15 is 0 Å². The third-order valence-electron chi connectivity index (χ3n) is 2.61. The minimum atomic E-state index is 0.526. The standard InChI is InChI=1S/C15H17NO2S/c1-3-17-13-5-4-6-14(15(13)16)18-11-7-9-12(19-2)10-8-11/h4-10H,3,16H2,1-2H3. The van der Waals surface area contributed by atoms with Crippen molar-refractivity contribution < 1.29 is 9.47 Å². The third-order valence-corrected chi connectivity index (χ3v) is 3.36. The monoisotopic (exact) mass is 275 g/mol. The van der Waals surface area contributed by atoms with Gasteiger partial charge in [-0.05, 0) is 49.6 Å². The Morgan fingerprint density at radius 2 is 1.74 bits per heavy atom. The number of hydrogen-bond donors (Lipinski definition) is 1. The highest BCUT2D eigenvalue weighted by molar-refractivity contribution is 7.98. The average molecular weight is 275 g/mol. The lowest BCUT2D eigenvalue weighted by Crippen LogP contribution is -1.98. The van der Waals surface area contributed by atoms with Crippen LogP contribution in [0.5, 0.6) is 17.2 Å². The number of nitrogen functional groups attached to an aromatic ring is 1. The Hall–Kier alpha value is -1.81. The Morgan fingerprint density at radius 1 is 1.05 bits per heavy atom. The number of thioether (sulfide) groups is 1. The molecule has 0 aliphatic heterocycles. The normalized spacial score (nSPS) is 10.2. The lowest BCUT2D eigenvalue weighted by molar-refractivity contribution is 0.340. The molecule has 2 aromatic rings. The fourth-order valence-electron chi connectivity index (χ4n) is 1.66. The van der Waals surface area contributed by atoms with Crippen molar-refractivity contribution in [1.29, 1.82) is 0 Å². The van der Waals surface area contributed by atoms with Crippen LogP contribution in [0, 0.1) is 0 Å². The second-order valence-electron chi connectivity index (χ2n) is 3.88. The van der Waals surface area contributed by atoms with Gasteiger partial charge in [-0.3, -0.25) is 0 Å². The van der Waals surface area contributed by atoms with Crippen LogP contribution >= 0.6 is 11.8 Å². The smallest absolute Gasteiger partial charge is 0.154 e. The van der Waals surface area contributed by atoms with Gasteiger partial charge in [-0.2, -0.15) is 0 Å². The van der Waals surface area contributed by atoms with E-state index in [-0.39, 0.29) is 0 Å². The molecule has 3 nitrogen and oxygen atoms in total. The molecule has 2 rings (SSSR count). The molecule has 0 aromatic heterocycles. The van der Waals surface area contributed by atoms with Crippen LogP contribution in [0.1, 0.15) is 6.92 Å². The molecule has 0 radical (unpaired) electrons. The Bertz CT molecular complexity index is 540. The minimum absolute atomic E-state index is 0.526. The van der Waals surface area contributed by atoms with Crippen molar-refractivity contribution in [3.05, 3.63) is 42.5 Å². The SMILES string of the molecule is CCOc1cccc(Oc2ccc(SC)cc2)c1N. The van der Waals surface area contributed by atoms with Crippen molar-refractivity contribution in [2.24, 2.45) is 0 Å². The molecule has 19 heavy (non-hydrogen) atoms. The summed E-state index contributed by atoms with van der Waals surface area (Å²) in [5.74, 6) is 2.03. The maximum Gasteiger partial charge on any atom is 0.154 e. The molecular formula is C15H17NO2S. The second kappa shape index (κ2) is 6.38. The van der Waals surface area contributed by atoms with Crippen LogP contribution in [0.4, 0.5) is 5.69 Å². The summed E-state index contributed by atoms with van der Waals surface area (Å²) in [7, 11) is 0. The van der Waals surface area contributed by atoms with Crippen LogP contribution in [-0.2, 0) is 0 Å². The highest BCUT2D eigenvalue weighted by atomic mass is 32.2. The van der Waals surface area contributed by atoms with E-state index in [4.69, 9.17) is 15.2 Å². The number of para-hydroxylation sites is 1. The van der Waals surface area contributed by atoms with Gasteiger partial charge in [-0.15, -0.1) is 11.8 Å². The summed E-state index contributed by atoms with van der Waals surface area (Å²) in [5.41, 5.74) is 6.55. The molecule has 0 unspecified atom stereocenters. The number of hydrogen-bond acceptors (Lipinski definition) is 4. The van der Waals surface area contributed by atoms with Crippen LogP contribution in [-0.4, -0.2) is 12.9 Å². The van der Waals surface area contributed by atoms with Gasteiger partial charge >= 0.3 is 0 Å². The summed E-state index contributed by atoms with van der Waals surface area (Å²) in [5, 5.41) is 0. The maximum atomic E-state index is 6.02. The molecule has 0 atom stereocenters. The summed E-state index contributed by atoms with van der Waals surface area (Å²) >= 11 is 1.70. The molecule has 4 heteroatoms. The zero-order chi connectivity index (χ0) is 13.7. The zero-order valence-electron chi connectivity index (χ0n) is 11.1. The minimum Gasteiger partial charge on any atom is -0.492 e. The van der Waals surface area contributed by atoms with E-state index < -0.39 is 0 Å². The molecule has 0 spiro atoms.